The topological polar surface area (TPSA) is 82.1 Å². The highest BCUT2D eigenvalue weighted by Crippen LogP contribution is 2.32. The molecule has 2 aliphatic rings. The lowest BCUT2D eigenvalue weighted by Crippen LogP contribution is -2.33. The van der Waals surface area contributed by atoms with Crippen molar-refractivity contribution < 1.29 is 28.6 Å². The summed E-state index contributed by atoms with van der Waals surface area (Å²) in [6.07, 6.45) is 3.46. The van der Waals surface area contributed by atoms with Gasteiger partial charge < -0.3 is 19.1 Å². The maximum Gasteiger partial charge on any atom is 0.340 e. The van der Waals surface area contributed by atoms with Crippen LogP contribution in [0.15, 0.2) is 41.1 Å². The molecule has 1 aromatic carbocycles. The minimum absolute atomic E-state index is 0.0310. The number of benzene rings is 1. The number of esters is 2. The first-order chi connectivity index (χ1) is 13.5. The zero-order valence-electron chi connectivity index (χ0n) is 16.2. The van der Waals surface area contributed by atoms with Gasteiger partial charge in [-0.1, -0.05) is 12.1 Å². The zero-order valence-corrected chi connectivity index (χ0v) is 16.2. The summed E-state index contributed by atoms with van der Waals surface area (Å²) in [4.78, 5) is 38.5. The molecule has 7 heteroatoms. The van der Waals surface area contributed by atoms with Gasteiger partial charge in [-0.3, -0.25) is 4.79 Å². The van der Waals surface area contributed by atoms with Crippen molar-refractivity contribution in [1.29, 1.82) is 0 Å². The number of hydrogen-bond donors (Lipinski definition) is 0. The number of methoxy groups -OCH3 is 2. The standard InChI is InChI=1S/C21H23NO6/c1-13-18(21(25)27-3)17(19(23)22(13)12-16-5-4-10-28-16)11-14-6-8-15(9-7-14)20(24)26-2/h6-9,11,16H,4-5,10,12H2,1-3H3/b17-11+/t16-/m1/s1. The Kier molecular flexibility index (Phi) is 5.94. The highest BCUT2D eigenvalue weighted by atomic mass is 16.5. The number of rotatable bonds is 5. The van der Waals surface area contributed by atoms with Crippen molar-refractivity contribution in [2.24, 2.45) is 0 Å². The molecule has 0 unspecified atom stereocenters. The highest BCUT2D eigenvalue weighted by Gasteiger charge is 2.38. The zero-order chi connectivity index (χ0) is 20.3. The predicted octanol–water partition coefficient (Wildman–Crippen LogP) is 2.32. The van der Waals surface area contributed by atoms with Gasteiger partial charge in [-0.2, -0.15) is 0 Å². The molecule has 0 aliphatic carbocycles. The van der Waals surface area contributed by atoms with E-state index < -0.39 is 11.9 Å². The number of ether oxygens (including phenoxy) is 3. The van der Waals surface area contributed by atoms with E-state index in [0.717, 1.165) is 12.8 Å². The minimum atomic E-state index is -0.557. The second-order valence-electron chi connectivity index (χ2n) is 6.67. The third-order valence-corrected chi connectivity index (χ3v) is 4.95. The molecular formula is C21H23NO6. The molecule has 7 nitrogen and oxygen atoms in total. The fourth-order valence-corrected chi connectivity index (χ4v) is 3.44. The van der Waals surface area contributed by atoms with Crippen LogP contribution in [0.1, 0.15) is 35.7 Å². The SMILES string of the molecule is COC(=O)C1=C(C)N(C[C@H]2CCCO2)C(=O)/C1=C/c1ccc(C(=O)OC)cc1. The molecule has 0 radical (unpaired) electrons. The summed E-state index contributed by atoms with van der Waals surface area (Å²) < 4.78 is 15.2. The Balaban J connectivity index is 1.93. The number of amides is 1. The van der Waals surface area contributed by atoms with Crippen LogP contribution in [-0.4, -0.2) is 56.2 Å². The van der Waals surface area contributed by atoms with E-state index in [4.69, 9.17) is 9.47 Å². The number of hydrogen-bond acceptors (Lipinski definition) is 6. The van der Waals surface area contributed by atoms with Gasteiger partial charge in [-0.25, -0.2) is 9.59 Å². The molecule has 0 bridgehead atoms. The molecule has 1 aromatic rings. The summed E-state index contributed by atoms with van der Waals surface area (Å²) in [6.45, 7) is 2.83. The van der Waals surface area contributed by atoms with Gasteiger partial charge in [-0.05, 0) is 43.5 Å². The van der Waals surface area contributed by atoms with Crippen LogP contribution in [0.3, 0.4) is 0 Å². The summed E-state index contributed by atoms with van der Waals surface area (Å²) in [7, 11) is 2.60. The van der Waals surface area contributed by atoms with Crippen LogP contribution >= 0.6 is 0 Å². The van der Waals surface area contributed by atoms with Crippen LogP contribution in [-0.2, 0) is 23.8 Å². The number of carbonyl (C=O) groups is 3. The van der Waals surface area contributed by atoms with Crippen molar-refractivity contribution in [3.63, 3.8) is 0 Å². The largest absolute Gasteiger partial charge is 0.465 e. The molecule has 2 heterocycles. The van der Waals surface area contributed by atoms with Crippen molar-refractivity contribution in [2.45, 2.75) is 25.9 Å². The van der Waals surface area contributed by atoms with Gasteiger partial charge >= 0.3 is 11.9 Å². The van der Waals surface area contributed by atoms with Gasteiger partial charge in [0.2, 0.25) is 0 Å². The van der Waals surface area contributed by atoms with Crippen LogP contribution in [0.25, 0.3) is 6.08 Å². The average molecular weight is 385 g/mol. The normalized spacial score (nSPS) is 20.8. The molecule has 2 aliphatic heterocycles. The van der Waals surface area contributed by atoms with E-state index in [2.05, 4.69) is 4.74 Å². The first kappa shape index (κ1) is 19.8. The number of nitrogens with zero attached hydrogens (tertiary/aromatic N) is 1. The Bertz CT molecular complexity index is 846. The lowest BCUT2D eigenvalue weighted by Gasteiger charge is -2.21. The Morgan fingerprint density at radius 2 is 1.86 bits per heavy atom. The molecule has 0 saturated carbocycles. The Labute approximate surface area is 163 Å². The smallest absolute Gasteiger partial charge is 0.340 e. The molecule has 0 N–H and O–H groups in total. The Hall–Kier alpha value is -2.93. The quantitative estimate of drug-likeness (QED) is 0.572. The molecule has 0 spiro atoms. The maximum atomic E-state index is 13.0. The van der Waals surface area contributed by atoms with Crippen LogP contribution in [0.4, 0.5) is 0 Å². The summed E-state index contributed by atoms with van der Waals surface area (Å²) in [6, 6.07) is 6.60. The molecule has 3 rings (SSSR count). The van der Waals surface area contributed by atoms with Crippen LogP contribution < -0.4 is 0 Å². The predicted molar refractivity (Wildman–Crippen MR) is 101 cm³/mol. The van der Waals surface area contributed by atoms with E-state index in [1.54, 1.807) is 42.2 Å². The molecule has 1 amide bonds. The lowest BCUT2D eigenvalue weighted by atomic mass is 10.0. The van der Waals surface area contributed by atoms with E-state index in [-0.39, 0.29) is 23.2 Å². The maximum absolute atomic E-state index is 13.0. The average Bonchev–Trinajstić information content (AvgIpc) is 3.30. The van der Waals surface area contributed by atoms with E-state index in [1.807, 2.05) is 0 Å². The Morgan fingerprint density at radius 1 is 1.18 bits per heavy atom. The summed E-state index contributed by atoms with van der Waals surface area (Å²) >= 11 is 0. The fourth-order valence-electron chi connectivity index (χ4n) is 3.44. The summed E-state index contributed by atoms with van der Waals surface area (Å²) in [5, 5.41) is 0. The van der Waals surface area contributed by atoms with Gasteiger partial charge in [0.05, 0.1) is 43.6 Å². The highest BCUT2D eigenvalue weighted by molar-refractivity contribution is 6.16. The van der Waals surface area contributed by atoms with Crippen molar-refractivity contribution in [2.75, 3.05) is 27.4 Å². The van der Waals surface area contributed by atoms with E-state index >= 15 is 0 Å². The molecule has 148 valence electrons. The molecule has 0 aromatic heterocycles. The molecule has 1 fully saturated rings. The summed E-state index contributed by atoms with van der Waals surface area (Å²) in [5.41, 5.74) is 2.17. The van der Waals surface area contributed by atoms with Gasteiger partial charge in [0.25, 0.3) is 5.91 Å². The first-order valence-corrected chi connectivity index (χ1v) is 9.09. The summed E-state index contributed by atoms with van der Waals surface area (Å²) in [5.74, 6) is -1.26. The van der Waals surface area contributed by atoms with E-state index in [1.165, 1.54) is 14.2 Å². The van der Waals surface area contributed by atoms with Crippen molar-refractivity contribution in [1.82, 2.24) is 4.90 Å². The van der Waals surface area contributed by atoms with E-state index in [0.29, 0.717) is 30.0 Å². The third kappa shape index (κ3) is 3.84. The van der Waals surface area contributed by atoms with Gasteiger partial charge in [0, 0.05) is 12.3 Å². The third-order valence-electron chi connectivity index (χ3n) is 4.95. The number of carbonyl (C=O) groups excluding carboxylic acids is 3. The van der Waals surface area contributed by atoms with Crippen LogP contribution in [0.5, 0.6) is 0 Å². The molecule has 1 saturated heterocycles. The van der Waals surface area contributed by atoms with E-state index in [9.17, 15) is 14.4 Å². The van der Waals surface area contributed by atoms with Crippen LogP contribution in [0, 0.1) is 0 Å². The van der Waals surface area contributed by atoms with Crippen molar-refractivity contribution in [3.8, 4) is 0 Å². The van der Waals surface area contributed by atoms with Gasteiger partial charge in [0.1, 0.15) is 0 Å². The molecule has 28 heavy (non-hydrogen) atoms. The molecule has 1 atom stereocenters. The first-order valence-electron chi connectivity index (χ1n) is 9.09. The van der Waals surface area contributed by atoms with Gasteiger partial charge in [-0.15, -0.1) is 0 Å². The van der Waals surface area contributed by atoms with Crippen LogP contribution in [0.2, 0.25) is 0 Å². The Morgan fingerprint density at radius 3 is 2.43 bits per heavy atom. The fraction of sp³-hybridized carbons (Fsp3) is 0.381. The second-order valence-corrected chi connectivity index (χ2v) is 6.67. The number of allylic oxidation sites excluding steroid dienone is 1. The second kappa shape index (κ2) is 8.39. The van der Waals surface area contributed by atoms with Gasteiger partial charge in [0.15, 0.2) is 0 Å². The lowest BCUT2D eigenvalue weighted by molar-refractivity contribution is -0.136. The van der Waals surface area contributed by atoms with Crippen molar-refractivity contribution >= 4 is 23.9 Å². The van der Waals surface area contributed by atoms with Crippen molar-refractivity contribution in [3.05, 3.63) is 52.2 Å². The minimum Gasteiger partial charge on any atom is -0.465 e. The molecular weight excluding hydrogens is 362 g/mol. The monoisotopic (exact) mass is 385 g/mol.